The normalized spacial score (nSPS) is 10.8. The van der Waals surface area contributed by atoms with Gasteiger partial charge in [0.25, 0.3) is 0 Å². The number of rotatable bonds is 3. The van der Waals surface area contributed by atoms with E-state index in [9.17, 15) is 4.79 Å². The van der Waals surface area contributed by atoms with Crippen LogP contribution in [0.2, 0.25) is 5.02 Å². The van der Waals surface area contributed by atoms with Crippen LogP contribution in [-0.2, 0) is 6.42 Å². The van der Waals surface area contributed by atoms with Gasteiger partial charge in [0.1, 0.15) is 0 Å². The lowest BCUT2D eigenvalue weighted by molar-refractivity contribution is 0.0992. The summed E-state index contributed by atoms with van der Waals surface area (Å²) in [5.41, 5.74) is 2.30. The largest absolute Gasteiger partial charge is 0.294 e. The molecule has 2 aromatic carbocycles. The number of hydrogen-bond donors (Lipinski definition) is 0. The highest BCUT2D eigenvalue weighted by Gasteiger charge is 2.10. The standard InChI is InChI=1S/C17H11BrClNO/c18-14-9-12(6-8-15(14)19)17(21)10-13-7-5-11-3-1-2-4-16(11)20-13/h1-9H,10H2. The highest BCUT2D eigenvalue weighted by atomic mass is 79.9. The summed E-state index contributed by atoms with van der Waals surface area (Å²) >= 11 is 9.27. The summed E-state index contributed by atoms with van der Waals surface area (Å²) in [5, 5.41) is 1.67. The molecule has 0 spiro atoms. The van der Waals surface area contributed by atoms with E-state index in [0.717, 1.165) is 21.1 Å². The maximum atomic E-state index is 12.3. The van der Waals surface area contributed by atoms with Crippen LogP contribution < -0.4 is 0 Å². The van der Waals surface area contributed by atoms with Gasteiger partial charge < -0.3 is 0 Å². The Balaban J connectivity index is 1.87. The van der Waals surface area contributed by atoms with Crippen molar-refractivity contribution in [3.63, 3.8) is 0 Å². The summed E-state index contributed by atoms with van der Waals surface area (Å²) < 4.78 is 0.724. The van der Waals surface area contributed by atoms with Crippen molar-refractivity contribution in [3.8, 4) is 0 Å². The molecule has 0 aliphatic rings. The second-order valence-electron chi connectivity index (χ2n) is 4.72. The lowest BCUT2D eigenvalue weighted by atomic mass is 10.1. The molecular weight excluding hydrogens is 350 g/mol. The monoisotopic (exact) mass is 359 g/mol. The van der Waals surface area contributed by atoms with Crippen molar-refractivity contribution in [2.75, 3.05) is 0 Å². The van der Waals surface area contributed by atoms with Crippen molar-refractivity contribution in [1.29, 1.82) is 0 Å². The zero-order chi connectivity index (χ0) is 14.8. The van der Waals surface area contributed by atoms with Gasteiger partial charge in [0.2, 0.25) is 0 Å². The Kier molecular flexibility index (Phi) is 4.04. The van der Waals surface area contributed by atoms with E-state index < -0.39 is 0 Å². The second kappa shape index (κ2) is 5.96. The summed E-state index contributed by atoms with van der Waals surface area (Å²) in [5.74, 6) is 0.0233. The van der Waals surface area contributed by atoms with Gasteiger partial charge in [-0.2, -0.15) is 0 Å². The van der Waals surface area contributed by atoms with Crippen molar-refractivity contribution in [3.05, 3.63) is 75.4 Å². The summed E-state index contributed by atoms with van der Waals surface area (Å²) in [6.45, 7) is 0. The van der Waals surface area contributed by atoms with Gasteiger partial charge in [0, 0.05) is 21.1 Å². The number of ketones is 1. The number of para-hydroxylation sites is 1. The molecule has 0 amide bonds. The van der Waals surface area contributed by atoms with E-state index in [1.165, 1.54) is 0 Å². The number of aromatic nitrogens is 1. The molecule has 3 aromatic rings. The van der Waals surface area contributed by atoms with E-state index in [-0.39, 0.29) is 12.2 Å². The number of fused-ring (bicyclic) bond motifs is 1. The van der Waals surface area contributed by atoms with Crippen molar-refractivity contribution in [2.45, 2.75) is 6.42 Å². The van der Waals surface area contributed by atoms with Crippen LogP contribution in [0.3, 0.4) is 0 Å². The number of halogens is 2. The lowest BCUT2D eigenvalue weighted by Gasteiger charge is -2.04. The summed E-state index contributed by atoms with van der Waals surface area (Å²) in [7, 11) is 0. The number of carbonyl (C=O) groups is 1. The van der Waals surface area contributed by atoms with Gasteiger partial charge in [-0.25, -0.2) is 0 Å². The number of Topliss-reactive ketones (excluding diaryl/α,β-unsaturated/α-hetero) is 1. The minimum absolute atomic E-state index is 0.0233. The molecule has 1 heterocycles. The molecule has 104 valence electrons. The predicted octanol–water partition coefficient (Wildman–Crippen LogP) is 5.08. The zero-order valence-electron chi connectivity index (χ0n) is 11.0. The van der Waals surface area contributed by atoms with Crippen LogP contribution in [0.4, 0.5) is 0 Å². The molecule has 0 aliphatic heterocycles. The fraction of sp³-hybridized carbons (Fsp3) is 0.0588. The van der Waals surface area contributed by atoms with E-state index >= 15 is 0 Å². The Morgan fingerprint density at radius 1 is 1.10 bits per heavy atom. The fourth-order valence-corrected chi connectivity index (χ4v) is 2.64. The van der Waals surface area contributed by atoms with Crippen molar-refractivity contribution in [1.82, 2.24) is 4.98 Å². The number of nitrogens with zero attached hydrogens (tertiary/aromatic N) is 1. The number of pyridine rings is 1. The molecule has 2 nitrogen and oxygen atoms in total. The van der Waals surface area contributed by atoms with E-state index in [2.05, 4.69) is 20.9 Å². The van der Waals surface area contributed by atoms with Crippen LogP contribution in [0.5, 0.6) is 0 Å². The molecule has 0 fully saturated rings. The molecule has 21 heavy (non-hydrogen) atoms. The maximum Gasteiger partial charge on any atom is 0.168 e. The van der Waals surface area contributed by atoms with Gasteiger partial charge in [-0.15, -0.1) is 0 Å². The van der Waals surface area contributed by atoms with E-state index in [1.807, 2.05) is 36.4 Å². The number of benzene rings is 2. The van der Waals surface area contributed by atoms with Crippen LogP contribution in [0, 0.1) is 0 Å². The van der Waals surface area contributed by atoms with Gasteiger partial charge >= 0.3 is 0 Å². The third-order valence-corrected chi connectivity index (χ3v) is 4.45. The molecule has 0 bridgehead atoms. The van der Waals surface area contributed by atoms with Crippen LogP contribution in [0.15, 0.2) is 59.1 Å². The van der Waals surface area contributed by atoms with E-state index in [0.29, 0.717) is 10.6 Å². The minimum Gasteiger partial charge on any atom is -0.294 e. The first-order chi connectivity index (χ1) is 10.1. The van der Waals surface area contributed by atoms with E-state index in [1.54, 1.807) is 18.2 Å². The molecule has 0 N–H and O–H groups in total. The summed E-state index contributed by atoms with van der Waals surface area (Å²) in [6, 6.07) is 16.9. The first kappa shape index (κ1) is 14.2. The molecular formula is C17H11BrClNO. The maximum absolute atomic E-state index is 12.3. The van der Waals surface area contributed by atoms with Gasteiger partial charge in [0.05, 0.1) is 17.0 Å². The van der Waals surface area contributed by atoms with Gasteiger partial charge in [-0.1, -0.05) is 35.9 Å². The van der Waals surface area contributed by atoms with Crippen molar-refractivity contribution in [2.24, 2.45) is 0 Å². The first-order valence-electron chi connectivity index (χ1n) is 6.46. The van der Waals surface area contributed by atoms with Crippen LogP contribution >= 0.6 is 27.5 Å². The Morgan fingerprint density at radius 2 is 1.90 bits per heavy atom. The highest BCUT2D eigenvalue weighted by molar-refractivity contribution is 9.10. The second-order valence-corrected chi connectivity index (χ2v) is 5.99. The van der Waals surface area contributed by atoms with Crippen LogP contribution in [0.1, 0.15) is 16.1 Å². The van der Waals surface area contributed by atoms with Crippen LogP contribution in [0.25, 0.3) is 10.9 Å². The third kappa shape index (κ3) is 3.14. The number of hydrogen-bond acceptors (Lipinski definition) is 2. The third-order valence-electron chi connectivity index (χ3n) is 3.24. The van der Waals surface area contributed by atoms with Gasteiger partial charge in [-0.05, 0) is 46.3 Å². The van der Waals surface area contributed by atoms with E-state index in [4.69, 9.17) is 11.6 Å². The predicted molar refractivity (Wildman–Crippen MR) is 88.9 cm³/mol. The molecule has 0 radical (unpaired) electrons. The topological polar surface area (TPSA) is 30.0 Å². The van der Waals surface area contributed by atoms with Gasteiger partial charge in [0.15, 0.2) is 5.78 Å². The average Bonchev–Trinajstić information content (AvgIpc) is 2.50. The molecule has 0 saturated carbocycles. The van der Waals surface area contributed by atoms with Gasteiger partial charge in [-0.3, -0.25) is 9.78 Å². The summed E-state index contributed by atoms with van der Waals surface area (Å²) in [4.78, 5) is 16.8. The Morgan fingerprint density at radius 3 is 2.71 bits per heavy atom. The molecule has 3 rings (SSSR count). The molecule has 0 aliphatic carbocycles. The number of carbonyl (C=O) groups excluding carboxylic acids is 1. The first-order valence-corrected chi connectivity index (χ1v) is 7.63. The molecule has 0 unspecified atom stereocenters. The molecule has 1 aromatic heterocycles. The van der Waals surface area contributed by atoms with Crippen molar-refractivity contribution < 1.29 is 4.79 Å². The Bertz CT molecular complexity index is 832. The minimum atomic E-state index is 0.0233. The lowest BCUT2D eigenvalue weighted by Crippen LogP contribution is -2.05. The van der Waals surface area contributed by atoms with Crippen LogP contribution in [-0.4, -0.2) is 10.8 Å². The van der Waals surface area contributed by atoms with Crippen molar-refractivity contribution >= 4 is 44.2 Å². The Hall–Kier alpha value is -1.71. The SMILES string of the molecule is O=C(Cc1ccc2ccccc2n1)c1ccc(Cl)c(Br)c1. The zero-order valence-corrected chi connectivity index (χ0v) is 13.4. The quantitative estimate of drug-likeness (QED) is 0.610. The average molecular weight is 361 g/mol. The fourth-order valence-electron chi connectivity index (χ4n) is 2.14. The smallest absolute Gasteiger partial charge is 0.168 e. The highest BCUT2D eigenvalue weighted by Crippen LogP contribution is 2.24. The molecule has 4 heteroatoms. The Labute approximate surface area is 135 Å². The summed E-state index contributed by atoms with van der Waals surface area (Å²) in [6.07, 6.45) is 0.277. The molecule has 0 saturated heterocycles. The molecule has 0 atom stereocenters.